The van der Waals surface area contributed by atoms with E-state index in [9.17, 15) is 4.79 Å². The summed E-state index contributed by atoms with van der Waals surface area (Å²) >= 11 is 0. The minimum Gasteiger partial charge on any atom is -0.352 e. The summed E-state index contributed by atoms with van der Waals surface area (Å²) in [6.45, 7) is 8.87. The predicted octanol–water partition coefficient (Wildman–Crippen LogP) is 2.80. The fourth-order valence-electron chi connectivity index (χ4n) is 1.91. The van der Waals surface area contributed by atoms with Crippen molar-refractivity contribution in [3.05, 3.63) is 35.4 Å². The molecule has 0 heterocycles. The molecule has 0 aliphatic carbocycles. The molecule has 0 fully saturated rings. The van der Waals surface area contributed by atoms with E-state index in [1.807, 2.05) is 0 Å². The van der Waals surface area contributed by atoms with Gasteiger partial charge in [0.15, 0.2) is 0 Å². The third kappa shape index (κ3) is 6.39. The van der Waals surface area contributed by atoms with Crippen LogP contribution in [-0.2, 0) is 17.9 Å². The topological polar surface area (TPSA) is 32.3 Å². The SMILES string of the molecule is CCN(C)Cc1cccc(CNC(=O)CC(C)C)c1. The monoisotopic (exact) mass is 262 g/mol. The summed E-state index contributed by atoms with van der Waals surface area (Å²) in [6.07, 6.45) is 0.595. The molecule has 0 radical (unpaired) electrons. The average Bonchev–Trinajstić information content (AvgIpc) is 2.36. The van der Waals surface area contributed by atoms with Gasteiger partial charge in [0.2, 0.25) is 5.91 Å². The second-order valence-corrected chi connectivity index (χ2v) is 5.53. The molecule has 0 spiro atoms. The molecule has 1 amide bonds. The van der Waals surface area contributed by atoms with Crippen LogP contribution in [0.3, 0.4) is 0 Å². The van der Waals surface area contributed by atoms with Crippen molar-refractivity contribution < 1.29 is 4.79 Å². The summed E-state index contributed by atoms with van der Waals surface area (Å²) in [5, 5.41) is 2.97. The van der Waals surface area contributed by atoms with Crippen molar-refractivity contribution in [1.82, 2.24) is 10.2 Å². The van der Waals surface area contributed by atoms with Gasteiger partial charge in [0.05, 0.1) is 0 Å². The zero-order valence-electron chi connectivity index (χ0n) is 12.6. The van der Waals surface area contributed by atoms with E-state index in [2.05, 4.69) is 62.3 Å². The minimum atomic E-state index is 0.131. The molecule has 106 valence electrons. The Labute approximate surface area is 117 Å². The number of hydrogen-bond acceptors (Lipinski definition) is 2. The summed E-state index contributed by atoms with van der Waals surface area (Å²) in [6, 6.07) is 8.42. The first-order valence-corrected chi connectivity index (χ1v) is 7.04. The van der Waals surface area contributed by atoms with Crippen LogP contribution in [-0.4, -0.2) is 24.4 Å². The zero-order chi connectivity index (χ0) is 14.3. The van der Waals surface area contributed by atoms with Crippen molar-refractivity contribution in [1.29, 1.82) is 0 Å². The molecule has 1 aromatic rings. The number of carbonyl (C=O) groups excluding carboxylic acids is 1. The van der Waals surface area contributed by atoms with Crippen molar-refractivity contribution in [2.24, 2.45) is 5.92 Å². The van der Waals surface area contributed by atoms with Crippen LogP contribution in [0.5, 0.6) is 0 Å². The number of hydrogen-bond donors (Lipinski definition) is 1. The summed E-state index contributed by atoms with van der Waals surface area (Å²) in [5.74, 6) is 0.538. The lowest BCUT2D eigenvalue weighted by Crippen LogP contribution is -2.24. The Morgan fingerprint density at radius 3 is 2.63 bits per heavy atom. The Bertz CT molecular complexity index is 401. The molecule has 0 saturated carbocycles. The standard InChI is InChI=1S/C16H26N2O/c1-5-18(4)12-15-8-6-7-14(10-15)11-17-16(19)9-13(2)3/h6-8,10,13H,5,9,11-12H2,1-4H3,(H,17,19). The molecule has 0 aliphatic rings. The Kier molecular flexibility index (Phi) is 6.57. The maximum Gasteiger partial charge on any atom is 0.220 e. The highest BCUT2D eigenvalue weighted by molar-refractivity contribution is 5.76. The second kappa shape index (κ2) is 7.95. The lowest BCUT2D eigenvalue weighted by molar-refractivity contribution is -0.121. The number of benzene rings is 1. The first kappa shape index (κ1) is 15.7. The molecule has 0 unspecified atom stereocenters. The third-order valence-electron chi connectivity index (χ3n) is 3.07. The van der Waals surface area contributed by atoms with E-state index < -0.39 is 0 Å². The van der Waals surface area contributed by atoms with E-state index in [4.69, 9.17) is 0 Å². The molecule has 1 N–H and O–H groups in total. The Hall–Kier alpha value is -1.35. The van der Waals surface area contributed by atoms with Gasteiger partial charge in [0.25, 0.3) is 0 Å². The second-order valence-electron chi connectivity index (χ2n) is 5.53. The maximum absolute atomic E-state index is 11.6. The van der Waals surface area contributed by atoms with Gasteiger partial charge in [-0.15, -0.1) is 0 Å². The quantitative estimate of drug-likeness (QED) is 0.819. The van der Waals surface area contributed by atoms with Gasteiger partial charge in [-0.3, -0.25) is 4.79 Å². The van der Waals surface area contributed by atoms with E-state index >= 15 is 0 Å². The number of rotatable bonds is 7. The molecule has 19 heavy (non-hydrogen) atoms. The Morgan fingerprint density at radius 2 is 2.00 bits per heavy atom. The number of nitrogens with one attached hydrogen (secondary N) is 1. The van der Waals surface area contributed by atoms with E-state index in [0.29, 0.717) is 18.9 Å². The molecule has 3 heteroatoms. The van der Waals surface area contributed by atoms with Crippen LogP contribution in [0, 0.1) is 5.92 Å². The summed E-state index contributed by atoms with van der Waals surface area (Å²) in [5.41, 5.74) is 2.46. The number of amides is 1. The molecule has 3 nitrogen and oxygen atoms in total. The fraction of sp³-hybridized carbons (Fsp3) is 0.562. The van der Waals surface area contributed by atoms with Crippen LogP contribution in [0.15, 0.2) is 24.3 Å². The number of carbonyl (C=O) groups is 1. The van der Waals surface area contributed by atoms with Gasteiger partial charge in [-0.25, -0.2) is 0 Å². The van der Waals surface area contributed by atoms with Gasteiger partial charge >= 0.3 is 0 Å². The molecular formula is C16H26N2O. The van der Waals surface area contributed by atoms with Crippen LogP contribution in [0.2, 0.25) is 0 Å². The highest BCUT2D eigenvalue weighted by Gasteiger charge is 2.05. The van der Waals surface area contributed by atoms with Gasteiger partial charge in [-0.05, 0) is 30.6 Å². The largest absolute Gasteiger partial charge is 0.352 e. The van der Waals surface area contributed by atoms with Crippen LogP contribution < -0.4 is 5.32 Å². The van der Waals surface area contributed by atoms with Gasteiger partial charge < -0.3 is 10.2 Å². The molecule has 0 atom stereocenters. The van der Waals surface area contributed by atoms with Crippen LogP contribution in [0.1, 0.15) is 38.3 Å². The van der Waals surface area contributed by atoms with Crippen molar-refractivity contribution >= 4 is 5.91 Å². The van der Waals surface area contributed by atoms with E-state index in [0.717, 1.165) is 13.1 Å². The van der Waals surface area contributed by atoms with Gasteiger partial charge in [-0.2, -0.15) is 0 Å². The minimum absolute atomic E-state index is 0.131. The summed E-state index contributed by atoms with van der Waals surface area (Å²) in [7, 11) is 2.11. The molecule has 0 saturated heterocycles. The predicted molar refractivity (Wildman–Crippen MR) is 79.8 cm³/mol. The van der Waals surface area contributed by atoms with Gasteiger partial charge in [-0.1, -0.05) is 45.0 Å². The number of nitrogens with zero attached hydrogens (tertiary/aromatic N) is 1. The first-order valence-electron chi connectivity index (χ1n) is 7.04. The molecule has 1 rings (SSSR count). The van der Waals surface area contributed by atoms with Crippen molar-refractivity contribution in [3.8, 4) is 0 Å². The summed E-state index contributed by atoms with van der Waals surface area (Å²) < 4.78 is 0. The molecule has 1 aromatic carbocycles. The molecule has 0 aliphatic heterocycles. The Morgan fingerprint density at radius 1 is 1.32 bits per heavy atom. The zero-order valence-corrected chi connectivity index (χ0v) is 12.6. The maximum atomic E-state index is 11.6. The Balaban J connectivity index is 2.50. The normalized spacial score (nSPS) is 11.1. The highest BCUT2D eigenvalue weighted by Crippen LogP contribution is 2.08. The molecule has 0 bridgehead atoms. The third-order valence-corrected chi connectivity index (χ3v) is 3.07. The van der Waals surface area contributed by atoms with Crippen LogP contribution >= 0.6 is 0 Å². The van der Waals surface area contributed by atoms with Crippen LogP contribution in [0.4, 0.5) is 0 Å². The van der Waals surface area contributed by atoms with Crippen molar-refractivity contribution in [2.45, 2.75) is 40.3 Å². The van der Waals surface area contributed by atoms with Crippen molar-refractivity contribution in [3.63, 3.8) is 0 Å². The lowest BCUT2D eigenvalue weighted by atomic mass is 10.1. The van der Waals surface area contributed by atoms with E-state index in [1.165, 1.54) is 11.1 Å². The highest BCUT2D eigenvalue weighted by atomic mass is 16.1. The average molecular weight is 262 g/mol. The molecular weight excluding hydrogens is 236 g/mol. The van der Waals surface area contributed by atoms with Crippen LogP contribution in [0.25, 0.3) is 0 Å². The first-order chi connectivity index (χ1) is 9.01. The van der Waals surface area contributed by atoms with E-state index in [-0.39, 0.29) is 5.91 Å². The van der Waals surface area contributed by atoms with E-state index in [1.54, 1.807) is 0 Å². The van der Waals surface area contributed by atoms with Gasteiger partial charge in [0.1, 0.15) is 0 Å². The van der Waals surface area contributed by atoms with Crippen molar-refractivity contribution in [2.75, 3.05) is 13.6 Å². The molecule has 0 aromatic heterocycles. The smallest absolute Gasteiger partial charge is 0.220 e. The summed E-state index contributed by atoms with van der Waals surface area (Å²) in [4.78, 5) is 13.9. The van der Waals surface area contributed by atoms with Gasteiger partial charge in [0, 0.05) is 19.5 Å². The fourth-order valence-corrected chi connectivity index (χ4v) is 1.91. The lowest BCUT2D eigenvalue weighted by Gasteiger charge is -2.14.